The van der Waals surface area contributed by atoms with Crippen molar-refractivity contribution in [2.24, 2.45) is 0 Å². The molecule has 2 rings (SSSR count). The number of likely N-dealkylation sites (N-methyl/N-ethyl adjacent to an activating group) is 2. The standard InChI is InChI=1S/C17H27N5O3S/c1-5-21(6-2)11-12-22-15-10-8-7-9-14(15)18-17(22)19-16(23)13-20(3)26(4,24)25/h7-10H,5-6,11-13H2,1-4H3,(H,18,19,23). The van der Waals surface area contributed by atoms with E-state index in [1.165, 1.54) is 7.05 Å². The van der Waals surface area contributed by atoms with Gasteiger partial charge < -0.3 is 9.47 Å². The summed E-state index contributed by atoms with van der Waals surface area (Å²) in [4.78, 5) is 19.1. The molecular weight excluding hydrogens is 354 g/mol. The Bertz CT molecular complexity index is 858. The van der Waals surface area contributed by atoms with Gasteiger partial charge in [0.1, 0.15) is 0 Å². The van der Waals surface area contributed by atoms with Crippen molar-refractivity contribution in [1.29, 1.82) is 0 Å². The normalized spacial score (nSPS) is 12.2. The Balaban J connectivity index is 2.23. The van der Waals surface area contributed by atoms with Gasteiger partial charge in [0.15, 0.2) is 0 Å². The van der Waals surface area contributed by atoms with Gasteiger partial charge in [0, 0.05) is 20.1 Å². The number of sulfonamides is 1. The number of fused-ring (bicyclic) bond motifs is 1. The maximum Gasteiger partial charge on any atom is 0.241 e. The van der Waals surface area contributed by atoms with Crippen LogP contribution in [-0.2, 0) is 21.4 Å². The van der Waals surface area contributed by atoms with Gasteiger partial charge in [-0.2, -0.15) is 4.31 Å². The maximum absolute atomic E-state index is 12.3. The number of nitrogens with zero attached hydrogens (tertiary/aromatic N) is 4. The summed E-state index contributed by atoms with van der Waals surface area (Å²) in [5, 5.41) is 2.75. The minimum absolute atomic E-state index is 0.252. The van der Waals surface area contributed by atoms with Crippen LogP contribution in [0.25, 0.3) is 11.0 Å². The number of aromatic nitrogens is 2. The van der Waals surface area contributed by atoms with Crippen LogP contribution in [0.5, 0.6) is 0 Å². The average Bonchev–Trinajstić information content (AvgIpc) is 2.92. The number of rotatable bonds is 9. The summed E-state index contributed by atoms with van der Waals surface area (Å²) in [7, 11) is -2.04. The van der Waals surface area contributed by atoms with Crippen molar-refractivity contribution in [1.82, 2.24) is 18.8 Å². The first-order valence-corrected chi connectivity index (χ1v) is 10.5. The summed E-state index contributed by atoms with van der Waals surface area (Å²) < 4.78 is 25.9. The molecule has 0 radical (unpaired) electrons. The maximum atomic E-state index is 12.3. The fraction of sp³-hybridized carbons (Fsp3) is 0.529. The fourth-order valence-corrected chi connectivity index (χ4v) is 3.01. The second kappa shape index (κ2) is 8.61. The predicted octanol–water partition coefficient (Wildman–Crippen LogP) is 1.21. The van der Waals surface area contributed by atoms with Gasteiger partial charge in [-0.25, -0.2) is 13.4 Å². The Morgan fingerprint density at radius 1 is 1.23 bits per heavy atom. The van der Waals surface area contributed by atoms with E-state index in [4.69, 9.17) is 0 Å². The smallest absolute Gasteiger partial charge is 0.241 e. The number of hydrogen-bond acceptors (Lipinski definition) is 5. The highest BCUT2D eigenvalue weighted by atomic mass is 32.2. The number of para-hydroxylation sites is 2. The van der Waals surface area contributed by atoms with Crippen molar-refractivity contribution in [2.75, 3.05) is 44.8 Å². The zero-order valence-corrected chi connectivity index (χ0v) is 16.6. The first-order valence-electron chi connectivity index (χ1n) is 8.65. The third-order valence-electron chi connectivity index (χ3n) is 4.37. The lowest BCUT2D eigenvalue weighted by Crippen LogP contribution is -2.35. The Morgan fingerprint density at radius 3 is 2.50 bits per heavy atom. The van der Waals surface area contributed by atoms with Gasteiger partial charge >= 0.3 is 0 Å². The molecular formula is C17H27N5O3S. The van der Waals surface area contributed by atoms with Crippen molar-refractivity contribution >= 4 is 32.9 Å². The Hall–Kier alpha value is -1.97. The molecule has 9 heteroatoms. The molecule has 0 saturated heterocycles. The van der Waals surface area contributed by atoms with E-state index in [2.05, 4.69) is 29.0 Å². The SMILES string of the molecule is CCN(CC)CCn1c(NC(=O)CN(C)S(C)(=O)=O)nc2ccccc21. The van der Waals surface area contributed by atoms with Gasteiger partial charge in [-0.1, -0.05) is 26.0 Å². The monoisotopic (exact) mass is 381 g/mol. The first kappa shape index (κ1) is 20.3. The number of carbonyl (C=O) groups is 1. The number of benzene rings is 1. The highest BCUT2D eigenvalue weighted by Gasteiger charge is 2.18. The van der Waals surface area contributed by atoms with E-state index in [0.29, 0.717) is 12.5 Å². The third kappa shape index (κ3) is 5.03. The molecule has 1 N–H and O–H groups in total. The van der Waals surface area contributed by atoms with Crippen LogP contribution >= 0.6 is 0 Å². The topological polar surface area (TPSA) is 87.5 Å². The second-order valence-corrected chi connectivity index (χ2v) is 8.26. The van der Waals surface area contributed by atoms with E-state index >= 15 is 0 Å². The number of hydrogen-bond donors (Lipinski definition) is 1. The molecule has 144 valence electrons. The molecule has 0 saturated carbocycles. The highest BCUT2D eigenvalue weighted by Crippen LogP contribution is 2.19. The van der Waals surface area contributed by atoms with Crippen molar-refractivity contribution in [3.05, 3.63) is 24.3 Å². The molecule has 8 nitrogen and oxygen atoms in total. The minimum atomic E-state index is -3.41. The van der Waals surface area contributed by atoms with E-state index in [-0.39, 0.29) is 6.54 Å². The summed E-state index contributed by atoms with van der Waals surface area (Å²) in [6, 6.07) is 7.68. The van der Waals surface area contributed by atoms with Crippen molar-refractivity contribution in [2.45, 2.75) is 20.4 Å². The van der Waals surface area contributed by atoms with Gasteiger partial charge in [0.2, 0.25) is 21.9 Å². The summed E-state index contributed by atoms with van der Waals surface area (Å²) in [6.07, 6.45) is 1.07. The molecule has 1 amide bonds. The quantitative estimate of drug-likeness (QED) is 0.705. The van der Waals surface area contributed by atoms with Crippen LogP contribution < -0.4 is 5.32 Å². The lowest BCUT2D eigenvalue weighted by Gasteiger charge is -2.19. The van der Waals surface area contributed by atoms with E-state index in [9.17, 15) is 13.2 Å². The fourth-order valence-electron chi connectivity index (χ4n) is 2.66. The highest BCUT2D eigenvalue weighted by molar-refractivity contribution is 7.88. The van der Waals surface area contributed by atoms with Crippen LogP contribution in [0, 0.1) is 0 Å². The first-order chi connectivity index (χ1) is 12.3. The number of nitrogens with one attached hydrogen (secondary N) is 1. The molecule has 0 spiro atoms. The summed E-state index contributed by atoms with van der Waals surface area (Å²) in [5.74, 6) is 0.0163. The van der Waals surface area contributed by atoms with Crippen LogP contribution in [0.3, 0.4) is 0 Å². The third-order valence-corrected chi connectivity index (χ3v) is 5.63. The van der Waals surface area contributed by atoms with E-state index in [0.717, 1.165) is 41.2 Å². The van der Waals surface area contributed by atoms with Crippen molar-refractivity contribution < 1.29 is 13.2 Å². The predicted molar refractivity (Wildman–Crippen MR) is 104 cm³/mol. The van der Waals surface area contributed by atoms with Gasteiger partial charge in [0.25, 0.3) is 0 Å². The number of imidazole rings is 1. The van der Waals surface area contributed by atoms with Gasteiger partial charge in [-0.05, 0) is 25.2 Å². The molecule has 0 unspecified atom stereocenters. The van der Waals surface area contributed by atoms with Crippen molar-refractivity contribution in [3.63, 3.8) is 0 Å². The van der Waals surface area contributed by atoms with Crippen LogP contribution in [0.2, 0.25) is 0 Å². The Labute approximate surface area is 154 Å². The van der Waals surface area contributed by atoms with Crippen molar-refractivity contribution in [3.8, 4) is 0 Å². The molecule has 1 aromatic carbocycles. The zero-order chi connectivity index (χ0) is 19.3. The lowest BCUT2D eigenvalue weighted by molar-refractivity contribution is -0.116. The largest absolute Gasteiger partial charge is 0.309 e. The van der Waals surface area contributed by atoms with E-state index in [1.54, 1.807) is 0 Å². The molecule has 1 aromatic heterocycles. The van der Waals surface area contributed by atoms with Crippen LogP contribution in [0.15, 0.2) is 24.3 Å². The van der Waals surface area contributed by atoms with Crippen LogP contribution in [-0.4, -0.2) is 72.6 Å². The summed E-state index contributed by atoms with van der Waals surface area (Å²) in [6.45, 7) is 7.38. The molecule has 1 heterocycles. The lowest BCUT2D eigenvalue weighted by atomic mass is 10.3. The summed E-state index contributed by atoms with van der Waals surface area (Å²) in [5.41, 5.74) is 1.73. The zero-order valence-electron chi connectivity index (χ0n) is 15.8. The molecule has 0 atom stereocenters. The number of anilines is 1. The van der Waals surface area contributed by atoms with Gasteiger partial charge in [0.05, 0.1) is 23.8 Å². The number of amides is 1. The summed E-state index contributed by atoms with van der Waals surface area (Å²) >= 11 is 0. The Kier molecular flexibility index (Phi) is 6.74. The Morgan fingerprint density at radius 2 is 1.88 bits per heavy atom. The minimum Gasteiger partial charge on any atom is -0.309 e. The van der Waals surface area contributed by atoms with Crippen LogP contribution in [0.4, 0.5) is 5.95 Å². The molecule has 0 aliphatic rings. The van der Waals surface area contributed by atoms with Gasteiger partial charge in [-0.15, -0.1) is 0 Å². The second-order valence-electron chi connectivity index (χ2n) is 6.17. The van der Waals surface area contributed by atoms with E-state index < -0.39 is 15.9 Å². The average molecular weight is 382 g/mol. The van der Waals surface area contributed by atoms with Crippen LogP contribution in [0.1, 0.15) is 13.8 Å². The number of carbonyl (C=O) groups excluding carboxylic acids is 1. The van der Waals surface area contributed by atoms with Gasteiger partial charge in [-0.3, -0.25) is 10.1 Å². The molecule has 2 aromatic rings. The van der Waals surface area contributed by atoms with E-state index in [1.807, 2.05) is 28.8 Å². The molecule has 26 heavy (non-hydrogen) atoms. The molecule has 0 aliphatic carbocycles. The molecule has 0 aliphatic heterocycles. The molecule has 0 fully saturated rings. The molecule has 0 bridgehead atoms.